The summed E-state index contributed by atoms with van der Waals surface area (Å²) in [7, 11) is 0. The molecule has 0 saturated heterocycles. The highest BCUT2D eigenvalue weighted by atomic mass is 32.2. The first-order valence-corrected chi connectivity index (χ1v) is 10.3. The maximum Gasteiger partial charge on any atom is 0.237 e. The summed E-state index contributed by atoms with van der Waals surface area (Å²) in [5.41, 5.74) is 4.52. The Hall–Kier alpha value is -2.44. The van der Waals surface area contributed by atoms with Crippen molar-refractivity contribution >= 4 is 40.5 Å². The van der Waals surface area contributed by atoms with E-state index in [0.29, 0.717) is 11.3 Å². The molecule has 1 unspecified atom stereocenters. The van der Waals surface area contributed by atoms with E-state index in [4.69, 9.17) is 0 Å². The van der Waals surface area contributed by atoms with Gasteiger partial charge >= 0.3 is 0 Å². The largest absolute Gasteiger partial charge is 0.325 e. The average Bonchev–Trinajstić information content (AvgIpc) is 3.11. The maximum atomic E-state index is 12.4. The summed E-state index contributed by atoms with van der Waals surface area (Å²) in [6, 6.07) is 15.1. The number of nitrogens with one attached hydrogen (secondary N) is 1. The zero-order valence-electron chi connectivity index (χ0n) is 15.4. The van der Waals surface area contributed by atoms with Crippen LogP contribution in [0.3, 0.4) is 0 Å². The van der Waals surface area contributed by atoms with E-state index in [1.54, 1.807) is 35.6 Å². The van der Waals surface area contributed by atoms with E-state index in [1.165, 1.54) is 24.2 Å². The van der Waals surface area contributed by atoms with Gasteiger partial charge in [-0.1, -0.05) is 41.6 Å². The van der Waals surface area contributed by atoms with E-state index < -0.39 is 0 Å². The number of ketones is 1. The van der Waals surface area contributed by atoms with E-state index in [1.807, 2.05) is 12.3 Å². The second kappa shape index (κ2) is 8.50. The van der Waals surface area contributed by atoms with Gasteiger partial charge < -0.3 is 5.32 Å². The minimum absolute atomic E-state index is 0.00458. The molecule has 0 fully saturated rings. The van der Waals surface area contributed by atoms with E-state index in [-0.39, 0.29) is 16.9 Å². The molecule has 1 aromatic heterocycles. The number of hydrogen-bond acceptors (Lipinski definition) is 5. The Morgan fingerprint density at radius 2 is 1.74 bits per heavy atom. The number of aryl methyl sites for hydroxylation is 1. The Bertz CT molecular complexity index is 947. The molecule has 6 heteroatoms. The molecule has 0 aliphatic rings. The van der Waals surface area contributed by atoms with Crippen LogP contribution in [0.4, 0.5) is 5.69 Å². The van der Waals surface area contributed by atoms with Crippen LogP contribution in [0.5, 0.6) is 0 Å². The molecule has 1 N–H and O–H groups in total. The zero-order chi connectivity index (χ0) is 19.4. The van der Waals surface area contributed by atoms with Crippen molar-refractivity contribution in [2.45, 2.75) is 30.4 Å². The molecular weight excluding hydrogens is 376 g/mol. The van der Waals surface area contributed by atoms with Crippen molar-refractivity contribution in [3.63, 3.8) is 0 Å². The lowest BCUT2D eigenvalue weighted by Gasteiger charge is -2.10. The molecule has 0 radical (unpaired) electrons. The van der Waals surface area contributed by atoms with Crippen molar-refractivity contribution < 1.29 is 9.59 Å². The van der Waals surface area contributed by atoms with E-state index in [9.17, 15) is 9.59 Å². The fourth-order valence-corrected chi connectivity index (χ4v) is 4.38. The van der Waals surface area contributed by atoms with Crippen LogP contribution in [0.1, 0.15) is 29.8 Å². The molecule has 0 bridgehead atoms. The predicted octanol–water partition coefficient (Wildman–Crippen LogP) is 5.44. The molecule has 3 aromatic rings. The van der Waals surface area contributed by atoms with Gasteiger partial charge in [0.05, 0.1) is 10.9 Å². The van der Waals surface area contributed by atoms with Crippen LogP contribution in [0.2, 0.25) is 0 Å². The van der Waals surface area contributed by atoms with Gasteiger partial charge in [0, 0.05) is 22.2 Å². The summed E-state index contributed by atoms with van der Waals surface area (Å²) in [4.78, 5) is 28.4. The summed E-state index contributed by atoms with van der Waals surface area (Å²) >= 11 is 2.98. The Morgan fingerprint density at radius 3 is 2.37 bits per heavy atom. The van der Waals surface area contributed by atoms with Crippen molar-refractivity contribution in [2.24, 2.45) is 0 Å². The third kappa shape index (κ3) is 5.05. The number of carbonyl (C=O) groups excluding carboxylic acids is 2. The number of anilines is 1. The molecule has 1 amide bonds. The van der Waals surface area contributed by atoms with Gasteiger partial charge in [-0.2, -0.15) is 0 Å². The van der Waals surface area contributed by atoms with Gasteiger partial charge in [0.15, 0.2) is 10.1 Å². The van der Waals surface area contributed by atoms with Crippen molar-refractivity contribution in [1.29, 1.82) is 0 Å². The highest BCUT2D eigenvalue weighted by Gasteiger charge is 2.17. The number of rotatable bonds is 6. The molecule has 2 aromatic carbocycles. The molecule has 0 saturated carbocycles. The number of hydrogen-bond donors (Lipinski definition) is 1. The van der Waals surface area contributed by atoms with E-state index in [2.05, 4.69) is 41.5 Å². The highest BCUT2D eigenvalue weighted by Crippen LogP contribution is 2.31. The molecule has 4 nitrogen and oxygen atoms in total. The summed E-state index contributed by atoms with van der Waals surface area (Å²) in [5.74, 6) is -0.0902. The van der Waals surface area contributed by atoms with Crippen LogP contribution >= 0.6 is 23.1 Å². The zero-order valence-corrected chi connectivity index (χ0v) is 17.0. The Morgan fingerprint density at radius 1 is 1.07 bits per heavy atom. The predicted molar refractivity (Wildman–Crippen MR) is 113 cm³/mol. The van der Waals surface area contributed by atoms with Gasteiger partial charge in [0.25, 0.3) is 0 Å². The number of thioether (sulfide) groups is 1. The maximum absolute atomic E-state index is 12.4. The second-order valence-electron chi connectivity index (χ2n) is 6.25. The van der Waals surface area contributed by atoms with Gasteiger partial charge in [-0.25, -0.2) is 4.98 Å². The molecule has 27 heavy (non-hydrogen) atoms. The van der Waals surface area contributed by atoms with Gasteiger partial charge in [-0.3, -0.25) is 9.59 Å². The first kappa shape index (κ1) is 19.3. The first-order chi connectivity index (χ1) is 12.9. The molecule has 3 rings (SSSR count). The Balaban J connectivity index is 1.61. The van der Waals surface area contributed by atoms with Gasteiger partial charge in [0.1, 0.15) is 0 Å². The van der Waals surface area contributed by atoms with Crippen molar-refractivity contribution in [1.82, 2.24) is 4.98 Å². The van der Waals surface area contributed by atoms with Crippen LogP contribution in [0, 0.1) is 6.92 Å². The average molecular weight is 397 g/mol. The minimum Gasteiger partial charge on any atom is -0.325 e. The fourth-order valence-electron chi connectivity index (χ4n) is 2.41. The third-order valence-corrected chi connectivity index (χ3v) is 6.11. The fraction of sp³-hybridized carbons (Fsp3) is 0.190. The van der Waals surface area contributed by atoms with E-state index in [0.717, 1.165) is 15.6 Å². The number of benzene rings is 2. The molecule has 1 heterocycles. The molecule has 0 aliphatic heterocycles. The summed E-state index contributed by atoms with van der Waals surface area (Å²) in [5, 5.41) is 4.61. The number of nitrogens with zero attached hydrogens (tertiary/aromatic N) is 1. The first-order valence-electron chi connectivity index (χ1n) is 8.53. The Kier molecular flexibility index (Phi) is 6.08. The monoisotopic (exact) mass is 396 g/mol. The molecule has 0 spiro atoms. The second-order valence-corrected chi connectivity index (χ2v) is 8.69. The van der Waals surface area contributed by atoms with Crippen molar-refractivity contribution in [3.8, 4) is 11.3 Å². The quantitative estimate of drug-likeness (QED) is 0.445. The van der Waals surface area contributed by atoms with Gasteiger partial charge in [-0.05, 0) is 45.0 Å². The van der Waals surface area contributed by atoms with Gasteiger partial charge in [0.2, 0.25) is 5.91 Å². The smallest absolute Gasteiger partial charge is 0.237 e. The number of aromatic nitrogens is 1. The molecule has 1 atom stereocenters. The topological polar surface area (TPSA) is 59.1 Å². The standard InChI is InChI=1S/C21H20N2O2S2/c1-13-4-6-17(7-5-13)19-12-26-21(23-19)27-15(3)20(25)22-18-10-8-16(9-11-18)14(2)24/h4-12,15H,1-3H3,(H,22,25). The summed E-state index contributed by atoms with van der Waals surface area (Å²) in [6.07, 6.45) is 0. The minimum atomic E-state index is -0.283. The van der Waals surface area contributed by atoms with Crippen LogP contribution in [-0.2, 0) is 4.79 Å². The summed E-state index contributed by atoms with van der Waals surface area (Å²) < 4.78 is 0.861. The number of thiazole rings is 1. The van der Waals surface area contributed by atoms with E-state index >= 15 is 0 Å². The SMILES string of the molecule is CC(=O)c1ccc(NC(=O)C(C)Sc2nc(-c3ccc(C)cc3)cs2)cc1. The summed E-state index contributed by atoms with van der Waals surface area (Å²) in [6.45, 7) is 5.43. The number of amides is 1. The van der Waals surface area contributed by atoms with Crippen molar-refractivity contribution in [2.75, 3.05) is 5.32 Å². The Labute approximate surface area is 167 Å². The number of Topliss-reactive ketones (excluding diaryl/α,β-unsaturated/α-hetero) is 1. The lowest BCUT2D eigenvalue weighted by atomic mass is 10.1. The van der Waals surface area contributed by atoms with Crippen LogP contribution in [0.25, 0.3) is 11.3 Å². The third-order valence-electron chi connectivity index (χ3n) is 4.04. The molecule has 138 valence electrons. The van der Waals surface area contributed by atoms with Gasteiger partial charge in [-0.15, -0.1) is 11.3 Å². The molecular formula is C21H20N2O2S2. The lowest BCUT2D eigenvalue weighted by molar-refractivity contribution is -0.115. The lowest BCUT2D eigenvalue weighted by Crippen LogP contribution is -2.22. The van der Waals surface area contributed by atoms with Crippen LogP contribution < -0.4 is 5.32 Å². The normalized spacial score (nSPS) is 11.8. The van der Waals surface area contributed by atoms with Crippen LogP contribution in [0.15, 0.2) is 58.3 Å². The molecule has 0 aliphatic carbocycles. The number of carbonyl (C=O) groups is 2. The highest BCUT2D eigenvalue weighted by molar-refractivity contribution is 8.02. The van der Waals surface area contributed by atoms with Crippen LogP contribution in [-0.4, -0.2) is 21.9 Å². The van der Waals surface area contributed by atoms with Crippen molar-refractivity contribution in [3.05, 3.63) is 65.0 Å².